The number of aryl methyl sites for hydroxylation is 1. The van der Waals surface area contributed by atoms with Crippen LogP contribution in [0.1, 0.15) is 27.2 Å². The van der Waals surface area contributed by atoms with Crippen molar-refractivity contribution in [3.63, 3.8) is 0 Å². The summed E-state index contributed by atoms with van der Waals surface area (Å²) in [5.41, 5.74) is 0.774. The number of carbonyl (C=O) groups is 1. The first-order valence-corrected chi connectivity index (χ1v) is 9.24. The standard InChI is InChI=1S/C20H31N5O.HI/c1-5-22-18(26)20(2,3)15-24-19(21-4)23-12-8-13-25-14-11-16-9-6-7-10-17(16)25;/h6-7,9-11,14H,5,8,12-13,15H2,1-4H3,(H,22,26)(H2,21,23,24);1H. The Morgan fingerprint density at radius 2 is 1.89 bits per heavy atom. The Morgan fingerprint density at radius 1 is 1.15 bits per heavy atom. The quantitative estimate of drug-likeness (QED) is 0.233. The molecule has 0 spiro atoms. The van der Waals surface area contributed by atoms with Crippen molar-refractivity contribution in [2.24, 2.45) is 10.4 Å². The summed E-state index contributed by atoms with van der Waals surface area (Å²) >= 11 is 0. The maximum absolute atomic E-state index is 12.1. The van der Waals surface area contributed by atoms with Gasteiger partial charge in [0.1, 0.15) is 0 Å². The minimum absolute atomic E-state index is 0. The third kappa shape index (κ3) is 6.71. The minimum atomic E-state index is -0.488. The molecule has 7 heteroatoms. The number of aliphatic imine (C=N–C) groups is 1. The summed E-state index contributed by atoms with van der Waals surface area (Å²) in [4.78, 5) is 16.3. The number of guanidine groups is 1. The molecule has 0 atom stereocenters. The van der Waals surface area contributed by atoms with Gasteiger partial charge in [0.25, 0.3) is 0 Å². The molecule has 3 N–H and O–H groups in total. The fourth-order valence-corrected chi connectivity index (χ4v) is 2.80. The molecule has 27 heavy (non-hydrogen) atoms. The van der Waals surface area contributed by atoms with Crippen LogP contribution in [-0.4, -0.2) is 43.1 Å². The van der Waals surface area contributed by atoms with Crippen LogP contribution in [0.2, 0.25) is 0 Å². The van der Waals surface area contributed by atoms with Gasteiger partial charge in [-0.3, -0.25) is 9.79 Å². The van der Waals surface area contributed by atoms with Crippen molar-refractivity contribution in [2.45, 2.75) is 33.7 Å². The van der Waals surface area contributed by atoms with Gasteiger partial charge in [0.05, 0.1) is 5.41 Å². The van der Waals surface area contributed by atoms with Crippen LogP contribution in [0, 0.1) is 5.41 Å². The van der Waals surface area contributed by atoms with Gasteiger partial charge in [0, 0.05) is 44.9 Å². The molecule has 2 aromatic rings. The third-order valence-corrected chi connectivity index (χ3v) is 4.42. The molecule has 150 valence electrons. The first-order valence-electron chi connectivity index (χ1n) is 9.24. The Kier molecular flexibility index (Phi) is 9.62. The SMILES string of the molecule is CCNC(=O)C(C)(C)CNC(=NC)NCCCn1ccc2ccccc21.I. The second-order valence-corrected chi connectivity index (χ2v) is 7.02. The lowest BCUT2D eigenvalue weighted by Gasteiger charge is -2.24. The maximum Gasteiger partial charge on any atom is 0.227 e. The highest BCUT2D eigenvalue weighted by Crippen LogP contribution is 2.15. The van der Waals surface area contributed by atoms with E-state index in [4.69, 9.17) is 0 Å². The van der Waals surface area contributed by atoms with E-state index in [9.17, 15) is 4.79 Å². The predicted molar refractivity (Wildman–Crippen MR) is 124 cm³/mol. The average molecular weight is 485 g/mol. The Balaban J connectivity index is 0.00000364. The van der Waals surface area contributed by atoms with Crippen LogP contribution in [0.4, 0.5) is 0 Å². The number of benzene rings is 1. The highest BCUT2D eigenvalue weighted by Gasteiger charge is 2.27. The van der Waals surface area contributed by atoms with Crippen LogP contribution in [0.3, 0.4) is 0 Å². The van der Waals surface area contributed by atoms with Gasteiger partial charge in [0.2, 0.25) is 5.91 Å². The van der Waals surface area contributed by atoms with E-state index in [-0.39, 0.29) is 29.9 Å². The molecule has 0 radical (unpaired) electrons. The number of hydrogen-bond donors (Lipinski definition) is 3. The summed E-state index contributed by atoms with van der Waals surface area (Å²) < 4.78 is 2.27. The molecule has 0 bridgehead atoms. The molecule has 1 amide bonds. The number of halogens is 1. The molecule has 0 fully saturated rings. The number of nitrogens with one attached hydrogen (secondary N) is 3. The number of amides is 1. The predicted octanol–water partition coefficient (Wildman–Crippen LogP) is 2.98. The van der Waals surface area contributed by atoms with Crippen molar-refractivity contribution in [2.75, 3.05) is 26.7 Å². The number of carbonyl (C=O) groups excluding carboxylic acids is 1. The molecule has 1 aromatic carbocycles. The number of rotatable bonds is 8. The highest BCUT2D eigenvalue weighted by atomic mass is 127. The lowest BCUT2D eigenvalue weighted by atomic mass is 9.92. The molecule has 0 aliphatic heterocycles. The Hall–Kier alpha value is -1.77. The monoisotopic (exact) mass is 485 g/mol. The van der Waals surface area contributed by atoms with Gasteiger partial charge in [-0.15, -0.1) is 24.0 Å². The van der Waals surface area contributed by atoms with Crippen molar-refractivity contribution in [3.05, 3.63) is 36.5 Å². The number of fused-ring (bicyclic) bond motifs is 1. The van der Waals surface area contributed by atoms with Gasteiger partial charge in [-0.1, -0.05) is 18.2 Å². The Labute approximate surface area is 179 Å². The van der Waals surface area contributed by atoms with Crippen LogP contribution in [0.15, 0.2) is 41.5 Å². The Bertz CT molecular complexity index is 754. The van der Waals surface area contributed by atoms with Crippen LogP contribution >= 0.6 is 24.0 Å². The number of hydrogen-bond acceptors (Lipinski definition) is 2. The molecular weight excluding hydrogens is 453 g/mol. The van der Waals surface area contributed by atoms with Gasteiger partial charge < -0.3 is 20.5 Å². The summed E-state index contributed by atoms with van der Waals surface area (Å²) in [5, 5.41) is 10.7. The molecule has 1 aromatic heterocycles. The van der Waals surface area contributed by atoms with E-state index in [1.165, 1.54) is 10.9 Å². The molecule has 0 aliphatic carbocycles. The zero-order valence-electron chi connectivity index (χ0n) is 16.7. The van der Waals surface area contributed by atoms with Crippen LogP contribution < -0.4 is 16.0 Å². The molecule has 0 aliphatic rings. The summed E-state index contributed by atoms with van der Waals surface area (Å²) in [6, 6.07) is 10.6. The van der Waals surface area contributed by atoms with Crippen molar-refractivity contribution < 1.29 is 4.79 Å². The Morgan fingerprint density at radius 3 is 2.59 bits per heavy atom. The summed E-state index contributed by atoms with van der Waals surface area (Å²) in [5.74, 6) is 0.766. The zero-order chi connectivity index (χ0) is 19.0. The van der Waals surface area contributed by atoms with Crippen LogP contribution in [0.5, 0.6) is 0 Å². The first kappa shape index (κ1) is 23.3. The summed E-state index contributed by atoms with van der Waals surface area (Å²) in [6.07, 6.45) is 3.12. The fraction of sp³-hybridized carbons (Fsp3) is 0.500. The minimum Gasteiger partial charge on any atom is -0.356 e. The third-order valence-electron chi connectivity index (χ3n) is 4.42. The van der Waals surface area contributed by atoms with Gasteiger partial charge in [-0.25, -0.2) is 0 Å². The van der Waals surface area contributed by atoms with Gasteiger partial charge in [0.15, 0.2) is 5.96 Å². The first-order chi connectivity index (χ1) is 12.5. The normalized spacial score (nSPS) is 11.8. The van der Waals surface area contributed by atoms with E-state index in [2.05, 4.69) is 62.0 Å². The van der Waals surface area contributed by atoms with Crippen molar-refractivity contribution >= 4 is 46.7 Å². The number of nitrogens with zero attached hydrogens (tertiary/aromatic N) is 2. The second-order valence-electron chi connectivity index (χ2n) is 7.02. The summed E-state index contributed by atoms with van der Waals surface area (Å²) in [7, 11) is 1.74. The highest BCUT2D eigenvalue weighted by molar-refractivity contribution is 14.0. The molecule has 2 rings (SSSR count). The van der Waals surface area contributed by atoms with Gasteiger partial charge in [-0.2, -0.15) is 0 Å². The van der Waals surface area contributed by atoms with E-state index in [0.717, 1.165) is 25.5 Å². The molecule has 1 heterocycles. The number of para-hydroxylation sites is 1. The molecule has 6 nitrogen and oxygen atoms in total. The zero-order valence-corrected chi connectivity index (χ0v) is 19.0. The van der Waals surface area contributed by atoms with E-state index in [1.807, 2.05) is 20.8 Å². The maximum atomic E-state index is 12.1. The van der Waals surface area contributed by atoms with E-state index < -0.39 is 5.41 Å². The second kappa shape index (κ2) is 11.2. The van der Waals surface area contributed by atoms with E-state index in [0.29, 0.717) is 13.1 Å². The fourth-order valence-electron chi connectivity index (χ4n) is 2.80. The number of aromatic nitrogens is 1. The molecule has 0 saturated heterocycles. The molecule has 0 saturated carbocycles. The van der Waals surface area contributed by atoms with Crippen molar-refractivity contribution in [1.29, 1.82) is 0 Å². The molecular formula is C20H32IN5O. The van der Waals surface area contributed by atoms with Crippen molar-refractivity contribution in [1.82, 2.24) is 20.5 Å². The van der Waals surface area contributed by atoms with E-state index >= 15 is 0 Å². The lowest BCUT2D eigenvalue weighted by Crippen LogP contribution is -2.48. The van der Waals surface area contributed by atoms with Gasteiger partial charge in [-0.05, 0) is 44.7 Å². The molecule has 0 unspecified atom stereocenters. The largest absolute Gasteiger partial charge is 0.356 e. The van der Waals surface area contributed by atoms with Crippen molar-refractivity contribution in [3.8, 4) is 0 Å². The van der Waals surface area contributed by atoms with E-state index in [1.54, 1.807) is 7.05 Å². The van der Waals surface area contributed by atoms with Crippen LogP contribution in [-0.2, 0) is 11.3 Å². The topological polar surface area (TPSA) is 70.4 Å². The lowest BCUT2D eigenvalue weighted by molar-refractivity contribution is -0.128. The summed E-state index contributed by atoms with van der Waals surface area (Å²) in [6.45, 7) is 8.71. The smallest absolute Gasteiger partial charge is 0.227 e. The average Bonchev–Trinajstić information content (AvgIpc) is 3.04. The van der Waals surface area contributed by atoms with Gasteiger partial charge >= 0.3 is 0 Å². The van der Waals surface area contributed by atoms with Crippen LogP contribution in [0.25, 0.3) is 10.9 Å².